The molecule has 2 fully saturated rings. The Morgan fingerprint density at radius 2 is 1.85 bits per heavy atom. The van der Waals surface area contributed by atoms with Gasteiger partial charge in [0.05, 0.1) is 6.54 Å². The Kier molecular flexibility index (Phi) is 6.31. The number of benzene rings is 1. The fourth-order valence-corrected chi connectivity index (χ4v) is 4.96. The van der Waals surface area contributed by atoms with Crippen LogP contribution in [0.1, 0.15) is 36.8 Å². The van der Waals surface area contributed by atoms with E-state index in [1.54, 1.807) is 0 Å². The van der Waals surface area contributed by atoms with Gasteiger partial charge in [0.15, 0.2) is 0 Å². The molecule has 2 aliphatic heterocycles. The molecule has 2 aromatic heterocycles. The zero-order chi connectivity index (χ0) is 22.8. The Bertz CT molecular complexity index is 1070. The number of aromatic nitrogens is 3. The summed E-state index contributed by atoms with van der Waals surface area (Å²) in [5.74, 6) is 3.04. The third-order valence-corrected chi connectivity index (χ3v) is 7.10. The first kappa shape index (κ1) is 21.9. The Morgan fingerprint density at radius 1 is 1.00 bits per heavy atom. The van der Waals surface area contributed by atoms with Crippen LogP contribution in [0.2, 0.25) is 0 Å². The van der Waals surface area contributed by atoms with Gasteiger partial charge in [-0.1, -0.05) is 24.2 Å². The van der Waals surface area contributed by atoms with Crippen molar-refractivity contribution in [3.05, 3.63) is 53.5 Å². The van der Waals surface area contributed by atoms with E-state index in [2.05, 4.69) is 80.9 Å². The van der Waals surface area contributed by atoms with Gasteiger partial charge in [-0.25, -0.2) is 4.98 Å². The lowest BCUT2D eigenvalue weighted by Gasteiger charge is -2.36. The second-order valence-corrected chi connectivity index (χ2v) is 9.59. The van der Waals surface area contributed by atoms with Crippen LogP contribution in [-0.4, -0.2) is 59.3 Å². The van der Waals surface area contributed by atoms with Crippen molar-refractivity contribution in [1.29, 1.82) is 0 Å². The molecule has 7 heteroatoms. The van der Waals surface area contributed by atoms with Gasteiger partial charge in [0.25, 0.3) is 0 Å². The quantitative estimate of drug-likeness (QED) is 0.579. The molecule has 5 rings (SSSR count). The van der Waals surface area contributed by atoms with E-state index in [1.807, 2.05) is 6.20 Å². The smallest absolute Gasteiger partial charge is 0.241 e. The maximum atomic E-state index is 5.57. The van der Waals surface area contributed by atoms with E-state index in [1.165, 1.54) is 29.7 Å². The highest BCUT2D eigenvalue weighted by Gasteiger charge is 2.21. The average Bonchev–Trinajstić information content (AvgIpc) is 3.30. The summed E-state index contributed by atoms with van der Waals surface area (Å²) in [6.07, 6.45) is 4.41. The highest BCUT2D eigenvalue weighted by atomic mass is 16.5. The molecular weight excluding hydrogens is 412 g/mol. The van der Waals surface area contributed by atoms with E-state index < -0.39 is 0 Å². The molecule has 2 saturated heterocycles. The van der Waals surface area contributed by atoms with Gasteiger partial charge in [0, 0.05) is 56.7 Å². The molecule has 0 radical (unpaired) electrons. The number of pyridine rings is 1. The lowest BCUT2D eigenvalue weighted by atomic mass is 10.0. The highest BCUT2D eigenvalue weighted by Crippen LogP contribution is 2.25. The summed E-state index contributed by atoms with van der Waals surface area (Å²) in [6, 6.07) is 10.7. The summed E-state index contributed by atoms with van der Waals surface area (Å²) in [4.78, 5) is 16.6. The SMILES string of the molecule is Cc1cccc(N2CCN(Cc3nc(-c4ccc(N5CCCC(C)C5)nc4)no3)CC2)c1C. The lowest BCUT2D eigenvalue weighted by molar-refractivity contribution is 0.215. The Hall–Kier alpha value is -2.93. The predicted octanol–water partition coefficient (Wildman–Crippen LogP) is 4.31. The molecule has 0 spiro atoms. The zero-order valence-corrected chi connectivity index (χ0v) is 20.0. The fourth-order valence-electron chi connectivity index (χ4n) is 4.96. The molecule has 174 valence electrons. The number of anilines is 2. The third kappa shape index (κ3) is 4.88. The first-order valence-electron chi connectivity index (χ1n) is 12.1. The van der Waals surface area contributed by atoms with Gasteiger partial charge >= 0.3 is 0 Å². The van der Waals surface area contributed by atoms with Gasteiger partial charge in [-0.2, -0.15) is 4.98 Å². The largest absolute Gasteiger partial charge is 0.369 e. The normalized spacial score (nSPS) is 19.8. The van der Waals surface area contributed by atoms with E-state index in [0.717, 1.165) is 56.6 Å². The van der Waals surface area contributed by atoms with Crippen molar-refractivity contribution in [2.45, 2.75) is 40.2 Å². The lowest BCUT2D eigenvalue weighted by Crippen LogP contribution is -2.46. The van der Waals surface area contributed by atoms with Crippen LogP contribution >= 0.6 is 0 Å². The van der Waals surface area contributed by atoms with Gasteiger partial charge in [-0.15, -0.1) is 0 Å². The monoisotopic (exact) mass is 446 g/mol. The van der Waals surface area contributed by atoms with E-state index in [4.69, 9.17) is 4.52 Å². The number of piperazine rings is 1. The van der Waals surface area contributed by atoms with Crippen molar-refractivity contribution in [3.63, 3.8) is 0 Å². The minimum atomic E-state index is 0.616. The van der Waals surface area contributed by atoms with Gasteiger partial charge < -0.3 is 14.3 Å². The van der Waals surface area contributed by atoms with Gasteiger partial charge in [-0.3, -0.25) is 4.90 Å². The molecule has 0 N–H and O–H groups in total. The van der Waals surface area contributed by atoms with Crippen LogP contribution in [0.4, 0.5) is 11.5 Å². The first-order chi connectivity index (χ1) is 16.1. The van der Waals surface area contributed by atoms with Crippen LogP contribution in [0, 0.1) is 19.8 Å². The van der Waals surface area contributed by atoms with Crippen LogP contribution in [-0.2, 0) is 6.54 Å². The maximum Gasteiger partial charge on any atom is 0.241 e. The highest BCUT2D eigenvalue weighted by molar-refractivity contribution is 5.57. The van der Waals surface area contributed by atoms with Crippen molar-refractivity contribution in [2.24, 2.45) is 5.92 Å². The van der Waals surface area contributed by atoms with Crippen molar-refractivity contribution < 1.29 is 4.52 Å². The van der Waals surface area contributed by atoms with E-state index in [0.29, 0.717) is 18.3 Å². The van der Waals surface area contributed by atoms with Crippen molar-refractivity contribution in [2.75, 3.05) is 49.1 Å². The number of piperidine rings is 1. The summed E-state index contributed by atoms with van der Waals surface area (Å²) in [6.45, 7) is 13.5. The summed E-state index contributed by atoms with van der Waals surface area (Å²) < 4.78 is 5.57. The standard InChI is InChI=1S/C26H34N6O/c1-19-6-5-11-32(17-19)24-10-9-22(16-27-24)26-28-25(33-29-26)18-30-12-14-31(15-13-30)23-8-4-7-20(2)21(23)3/h4,7-10,16,19H,5-6,11-15,17-18H2,1-3H3. The van der Waals surface area contributed by atoms with Crippen LogP contribution < -0.4 is 9.80 Å². The minimum Gasteiger partial charge on any atom is -0.369 e. The number of hydrogen-bond acceptors (Lipinski definition) is 7. The van der Waals surface area contributed by atoms with Gasteiger partial charge in [0.2, 0.25) is 11.7 Å². The summed E-state index contributed by atoms with van der Waals surface area (Å²) in [5, 5.41) is 4.21. The Balaban J connectivity index is 1.17. The Labute approximate surface area is 196 Å². The van der Waals surface area contributed by atoms with E-state index in [-0.39, 0.29) is 0 Å². The molecule has 7 nitrogen and oxygen atoms in total. The summed E-state index contributed by atoms with van der Waals surface area (Å²) >= 11 is 0. The molecule has 33 heavy (non-hydrogen) atoms. The number of rotatable bonds is 5. The Morgan fingerprint density at radius 3 is 2.61 bits per heavy atom. The molecule has 1 aromatic carbocycles. The molecule has 4 heterocycles. The molecule has 0 amide bonds. The van der Waals surface area contributed by atoms with Gasteiger partial charge in [-0.05, 0) is 61.9 Å². The molecule has 0 bridgehead atoms. The predicted molar refractivity (Wildman–Crippen MR) is 132 cm³/mol. The molecule has 0 saturated carbocycles. The van der Waals surface area contributed by atoms with Crippen LogP contribution in [0.15, 0.2) is 41.1 Å². The fraction of sp³-hybridized carbons (Fsp3) is 0.500. The molecule has 3 aromatic rings. The second kappa shape index (κ2) is 9.51. The molecule has 2 aliphatic rings. The third-order valence-electron chi connectivity index (χ3n) is 7.10. The summed E-state index contributed by atoms with van der Waals surface area (Å²) in [5.41, 5.74) is 4.98. The van der Waals surface area contributed by atoms with Crippen LogP contribution in [0.3, 0.4) is 0 Å². The average molecular weight is 447 g/mol. The van der Waals surface area contributed by atoms with Gasteiger partial charge in [0.1, 0.15) is 5.82 Å². The topological polar surface area (TPSA) is 61.5 Å². The zero-order valence-electron chi connectivity index (χ0n) is 20.0. The van der Waals surface area contributed by atoms with Crippen molar-refractivity contribution in [3.8, 4) is 11.4 Å². The van der Waals surface area contributed by atoms with Crippen molar-refractivity contribution >= 4 is 11.5 Å². The molecule has 1 atom stereocenters. The number of nitrogens with zero attached hydrogens (tertiary/aromatic N) is 6. The minimum absolute atomic E-state index is 0.616. The first-order valence-corrected chi connectivity index (χ1v) is 12.1. The van der Waals surface area contributed by atoms with E-state index in [9.17, 15) is 0 Å². The van der Waals surface area contributed by atoms with E-state index >= 15 is 0 Å². The number of hydrogen-bond donors (Lipinski definition) is 0. The molecular formula is C26H34N6O. The molecule has 1 unspecified atom stereocenters. The summed E-state index contributed by atoms with van der Waals surface area (Å²) in [7, 11) is 0. The van der Waals surface area contributed by atoms with Crippen molar-refractivity contribution in [1.82, 2.24) is 20.0 Å². The maximum absolute atomic E-state index is 5.57. The number of aryl methyl sites for hydroxylation is 1. The van der Waals surface area contributed by atoms with Crippen LogP contribution in [0.5, 0.6) is 0 Å². The second-order valence-electron chi connectivity index (χ2n) is 9.59. The molecule has 0 aliphatic carbocycles. The van der Waals surface area contributed by atoms with Crippen LogP contribution in [0.25, 0.3) is 11.4 Å².